The van der Waals surface area contributed by atoms with Gasteiger partial charge in [0.25, 0.3) is 0 Å². The van der Waals surface area contributed by atoms with Gasteiger partial charge in [-0.05, 0) is 34.0 Å². The van der Waals surface area contributed by atoms with Crippen LogP contribution in [0, 0.1) is 0 Å². The van der Waals surface area contributed by atoms with Gasteiger partial charge in [0, 0.05) is 19.7 Å². The normalized spacial score (nSPS) is 13.8. The minimum absolute atomic E-state index is 0.606. The number of nitrogens with zero attached hydrogens (tertiary/aromatic N) is 1. The highest BCUT2D eigenvalue weighted by Crippen LogP contribution is 1.92. The second-order valence-corrected chi connectivity index (χ2v) is 3.27. The lowest BCUT2D eigenvalue weighted by atomic mass is 10.2. The summed E-state index contributed by atoms with van der Waals surface area (Å²) in [5.74, 6) is 0. The van der Waals surface area contributed by atoms with Gasteiger partial charge in [-0.1, -0.05) is 0 Å². The first-order valence-corrected chi connectivity index (χ1v) is 4.55. The second-order valence-electron chi connectivity index (χ2n) is 3.27. The summed E-state index contributed by atoms with van der Waals surface area (Å²) < 4.78 is 4.99. The number of rotatable bonds is 7. The lowest BCUT2D eigenvalue weighted by molar-refractivity contribution is 0.159. The quantitative estimate of drug-likeness (QED) is 0.610. The molecular formula is C9H22N2O. The van der Waals surface area contributed by atoms with E-state index in [0.29, 0.717) is 6.04 Å². The van der Waals surface area contributed by atoms with Crippen LogP contribution in [0.15, 0.2) is 0 Å². The van der Waals surface area contributed by atoms with E-state index in [0.717, 1.165) is 19.7 Å². The minimum atomic E-state index is 0.606. The zero-order chi connectivity index (χ0) is 9.40. The van der Waals surface area contributed by atoms with Gasteiger partial charge in [-0.25, -0.2) is 0 Å². The average molecular weight is 174 g/mol. The Morgan fingerprint density at radius 3 is 2.58 bits per heavy atom. The Morgan fingerprint density at radius 1 is 1.42 bits per heavy atom. The summed E-state index contributed by atoms with van der Waals surface area (Å²) in [6.07, 6.45) is 1.19. The molecule has 3 nitrogen and oxygen atoms in total. The Balaban J connectivity index is 3.24. The molecule has 0 bridgehead atoms. The highest BCUT2D eigenvalue weighted by Gasteiger charge is 2.01. The average Bonchev–Trinajstić information content (AvgIpc) is 2.10. The van der Waals surface area contributed by atoms with Crippen LogP contribution in [0.5, 0.6) is 0 Å². The molecule has 0 aliphatic rings. The Kier molecular flexibility index (Phi) is 7.45. The number of hydrogen-bond donors (Lipinski definition) is 1. The zero-order valence-electron chi connectivity index (χ0n) is 8.76. The molecule has 0 fully saturated rings. The third kappa shape index (κ3) is 6.58. The molecule has 1 atom stereocenters. The number of hydrogen-bond acceptors (Lipinski definition) is 3. The minimum Gasteiger partial charge on any atom is -0.383 e. The molecule has 12 heavy (non-hydrogen) atoms. The van der Waals surface area contributed by atoms with Crippen molar-refractivity contribution in [3.8, 4) is 0 Å². The van der Waals surface area contributed by atoms with Crippen molar-refractivity contribution in [1.82, 2.24) is 10.2 Å². The number of nitrogens with one attached hydrogen (secondary N) is 1. The van der Waals surface area contributed by atoms with Gasteiger partial charge in [-0.2, -0.15) is 0 Å². The maximum absolute atomic E-state index is 4.99. The van der Waals surface area contributed by atoms with Gasteiger partial charge in [0.15, 0.2) is 0 Å². The predicted octanol–water partition coefficient (Wildman–Crippen LogP) is 0.563. The third-order valence-corrected chi connectivity index (χ3v) is 2.11. The van der Waals surface area contributed by atoms with Crippen molar-refractivity contribution < 1.29 is 4.74 Å². The molecule has 0 heterocycles. The lowest BCUT2D eigenvalue weighted by Gasteiger charge is -2.18. The molecule has 74 valence electrons. The van der Waals surface area contributed by atoms with Crippen molar-refractivity contribution in [2.75, 3.05) is 40.9 Å². The highest BCUT2D eigenvalue weighted by molar-refractivity contribution is 4.60. The molecule has 0 aromatic carbocycles. The second kappa shape index (κ2) is 7.53. The first-order chi connectivity index (χ1) is 5.70. The monoisotopic (exact) mass is 174 g/mol. The third-order valence-electron chi connectivity index (χ3n) is 2.11. The molecule has 3 heteroatoms. The van der Waals surface area contributed by atoms with Gasteiger partial charge in [-0.3, -0.25) is 0 Å². The standard InChI is InChI=1S/C9H22N2O/c1-9(10-2)5-6-11(3)7-8-12-4/h9-10H,5-8H2,1-4H3. The maximum Gasteiger partial charge on any atom is 0.0589 e. The highest BCUT2D eigenvalue weighted by atomic mass is 16.5. The van der Waals surface area contributed by atoms with Gasteiger partial charge in [0.05, 0.1) is 6.61 Å². The van der Waals surface area contributed by atoms with Crippen molar-refractivity contribution in [1.29, 1.82) is 0 Å². The van der Waals surface area contributed by atoms with E-state index in [4.69, 9.17) is 4.74 Å². The van der Waals surface area contributed by atoms with E-state index in [-0.39, 0.29) is 0 Å². The Hall–Kier alpha value is -0.120. The number of likely N-dealkylation sites (N-methyl/N-ethyl adjacent to an activating group) is 1. The van der Waals surface area contributed by atoms with Crippen LogP contribution >= 0.6 is 0 Å². The molecule has 0 rings (SSSR count). The molecule has 0 aliphatic carbocycles. The fourth-order valence-corrected chi connectivity index (χ4v) is 0.917. The van der Waals surface area contributed by atoms with Crippen LogP contribution in [0.1, 0.15) is 13.3 Å². The molecule has 0 saturated heterocycles. The van der Waals surface area contributed by atoms with E-state index in [1.807, 2.05) is 7.05 Å². The fourth-order valence-electron chi connectivity index (χ4n) is 0.917. The van der Waals surface area contributed by atoms with Crippen molar-refractivity contribution in [3.63, 3.8) is 0 Å². The van der Waals surface area contributed by atoms with E-state index in [1.165, 1.54) is 6.42 Å². The summed E-state index contributed by atoms with van der Waals surface area (Å²) in [4.78, 5) is 2.29. The first kappa shape index (κ1) is 11.9. The molecule has 1 N–H and O–H groups in total. The van der Waals surface area contributed by atoms with E-state index >= 15 is 0 Å². The number of methoxy groups -OCH3 is 1. The van der Waals surface area contributed by atoms with Crippen molar-refractivity contribution >= 4 is 0 Å². The molecule has 0 amide bonds. The number of ether oxygens (including phenoxy) is 1. The molecule has 0 aromatic heterocycles. The van der Waals surface area contributed by atoms with E-state index in [1.54, 1.807) is 7.11 Å². The largest absolute Gasteiger partial charge is 0.383 e. The summed E-state index contributed by atoms with van der Waals surface area (Å²) in [5.41, 5.74) is 0. The van der Waals surface area contributed by atoms with Crippen LogP contribution in [-0.2, 0) is 4.74 Å². The SMILES string of the molecule is CNC(C)CCN(C)CCOC. The Bertz CT molecular complexity index is 98.5. The summed E-state index contributed by atoms with van der Waals surface area (Å²) in [6.45, 7) is 5.17. The van der Waals surface area contributed by atoms with E-state index in [2.05, 4.69) is 24.2 Å². The van der Waals surface area contributed by atoms with Crippen molar-refractivity contribution in [2.24, 2.45) is 0 Å². The van der Waals surface area contributed by atoms with Crippen molar-refractivity contribution in [2.45, 2.75) is 19.4 Å². The van der Waals surface area contributed by atoms with E-state index in [9.17, 15) is 0 Å². The molecule has 0 aromatic rings. The Labute approximate surface area is 76.1 Å². The summed E-state index contributed by atoms with van der Waals surface area (Å²) in [7, 11) is 5.87. The maximum atomic E-state index is 4.99. The summed E-state index contributed by atoms with van der Waals surface area (Å²) >= 11 is 0. The van der Waals surface area contributed by atoms with Gasteiger partial charge >= 0.3 is 0 Å². The molecule has 1 unspecified atom stereocenters. The van der Waals surface area contributed by atoms with Crippen molar-refractivity contribution in [3.05, 3.63) is 0 Å². The van der Waals surface area contributed by atoms with Gasteiger partial charge in [0.1, 0.15) is 0 Å². The molecule has 0 saturated carbocycles. The van der Waals surface area contributed by atoms with Gasteiger partial charge in [-0.15, -0.1) is 0 Å². The van der Waals surface area contributed by atoms with Crippen LogP contribution in [0.3, 0.4) is 0 Å². The predicted molar refractivity (Wildman–Crippen MR) is 52.5 cm³/mol. The van der Waals surface area contributed by atoms with Crippen LogP contribution < -0.4 is 5.32 Å². The van der Waals surface area contributed by atoms with Crippen LogP contribution in [-0.4, -0.2) is 51.8 Å². The molecule has 0 radical (unpaired) electrons. The van der Waals surface area contributed by atoms with Crippen LogP contribution in [0.4, 0.5) is 0 Å². The summed E-state index contributed by atoms with van der Waals surface area (Å²) in [6, 6.07) is 0.606. The summed E-state index contributed by atoms with van der Waals surface area (Å²) in [5, 5.41) is 3.22. The molecular weight excluding hydrogens is 152 g/mol. The molecule has 0 aliphatic heterocycles. The van der Waals surface area contributed by atoms with Gasteiger partial charge < -0.3 is 15.0 Å². The zero-order valence-corrected chi connectivity index (χ0v) is 8.76. The first-order valence-electron chi connectivity index (χ1n) is 4.55. The Morgan fingerprint density at radius 2 is 2.08 bits per heavy atom. The smallest absolute Gasteiger partial charge is 0.0589 e. The fraction of sp³-hybridized carbons (Fsp3) is 1.00. The van der Waals surface area contributed by atoms with Crippen LogP contribution in [0.25, 0.3) is 0 Å². The van der Waals surface area contributed by atoms with Crippen LogP contribution in [0.2, 0.25) is 0 Å². The lowest BCUT2D eigenvalue weighted by Crippen LogP contribution is -2.30. The topological polar surface area (TPSA) is 24.5 Å². The van der Waals surface area contributed by atoms with E-state index < -0.39 is 0 Å². The van der Waals surface area contributed by atoms with Gasteiger partial charge in [0.2, 0.25) is 0 Å². The molecule has 0 spiro atoms.